The Morgan fingerprint density at radius 1 is 0.870 bits per heavy atom. The van der Waals surface area contributed by atoms with Crippen molar-refractivity contribution in [3.8, 4) is 0 Å². The Morgan fingerprint density at radius 2 is 1.39 bits per heavy atom. The number of rotatable bonds is 6. The summed E-state index contributed by atoms with van der Waals surface area (Å²) in [6.07, 6.45) is -0.321. The van der Waals surface area contributed by atoms with Gasteiger partial charge in [-0.15, -0.1) is 0 Å². The number of hydrogen-bond donors (Lipinski definition) is 2. The summed E-state index contributed by atoms with van der Waals surface area (Å²) >= 11 is 5.98. The maximum absolute atomic E-state index is 13.4. The van der Waals surface area contributed by atoms with Crippen LogP contribution >= 0.6 is 11.6 Å². The van der Waals surface area contributed by atoms with Crippen LogP contribution in [0.4, 0.5) is 4.39 Å². The van der Waals surface area contributed by atoms with Crippen LogP contribution in [-0.4, -0.2) is 11.8 Å². The van der Waals surface area contributed by atoms with Crippen LogP contribution in [0.15, 0.2) is 48.5 Å². The molecule has 0 aliphatic carbocycles. The molecule has 23 heavy (non-hydrogen) atoms. The molecule has 0 aromatic heterocycles. The first kappa shape index (κ1) is 17.0. The van der Waals surface area contributed by atoms with Crippen LogP contribution in [0.3, 0.4) is 0 Å². The van der Waals surface area contributed by atoms with Gasteiger partial charge in [-0.3, -0.25) is 9.59 Å². The Morgan fingerprint density at radius 3 is 2.00 bits per heavy atom. The van der Waals surface area contributed by atoms with Gasteiger partial charge < -0.3 is 10.6 Å². The fourth-order valence-corrected chi connectivity index (χ4v) is 2.14. The molecular weight excluding hydrogens is 319 g/mol. The van der Waals surface area contributed by atoms with Gasteiger partial charge in [0, 0.05) is 23.7 Å². The number of amides is 2. The van der Waals surface area contributed by atoms with E-state index in [4.69, 9.17) is 11.6 Å². The van der Waals surface area contributed by atoms with Crippen molar-refractivity contribution in [1.82, 2.24) is 10.6 Å². The minimum atomic E-state index is -0.468. The summed E-state index contributed by atoms with van der Waals surface area (Å²) < 4.78 is 13.4. The molecule has 0 heterocycles. The van der Waals surface area contributed by atoms with Gasteiger partial charge in [0.2, 0.25) is 11.8 Å². The average Bonchev–Trinajstić information content (AvgIpc) is 2.53. The fraction of sp³-hybridized carbons (Fsp3) is 0.176. The number of nitrogens with one attached hydrogen (secondary N) is 2. The van der Waals surface area contributed by atoms with Crippen molar-refractivity contribution in [2.45, 2.75) is 19.5 Å². The number of halogens is 2. The maximum Gasteiger partial charge on any atom is 0.229 e. The Balaban J connectivity index is 1.76. The highest BCUT2D eigenvalue weighted by Gasteiger charge is 2.10. The molecule has 0 saturated carbocycles. The van der Waals surface area contributed by atoms with Crippen molar-refractivity contribution in [3.63, 3.8) is 0 Å². The summed E-state index contributed by atoms with van der Waals surface area (Å²) in [5, 5.41) is 5.69. The number of carbonyl (C=O) groups is 2. The molecule has 0 spiro atoms. The SMILES string of the molecule is O=C(CC(=O)NCc1ccccc1Cl)NCc1ccccc1F. The van der Waals surface area contributed by atoms with Gasteiger partial charge in [0.25, 0.3) is 0 Å². The molecule has 0 atom stereocenters. The van der Waals surface area contributed by atoms with Crippen molar-refractivity contribution >= 4 is 23.4 Å². The largest absolute Gasteiger partial charge is 0.352 e. The average molecular weight is 335 g/mol. The lowest BCUT2D eigenvalue weighted by atomic mass is 10.2. The first-order valence-electron chi connectivity index (χ1n) is 7.06. The van der Waals surface area contributed by atoms with Crippen molar-refractivity contribution in [1.29, 1.82) is 0 Å². The summed E-state index contributed by atoms with van der Waals surface area (Å²) in [5.74, 6) is -1.28. The molecule has 0 unspecified atom stereocenters. The predicted molar refractivity (Wildman–Crippen MR) is 86.2 cm³/mol. The van der Waals surface area contributed by atoms with Gasteiger partial charge in [-0.05, 0) is 17.7 Å². The third-order valence-electron chi connectivity index (χ3n) is 3.19. The topological polar surface area (TPSA) is 58.2 Å². The van der Waals surface area contributed by atoms with E-state index in [2.05, 4.69) is 10.6 Å². The van der Waals surface area contributed by atoms with Gasteiger partial charge >= 0.3 is 0 Å². The van der Waals surface area contributed by atoms with Crippen LogP contribution in [-0.2, 0) is 22.7 Å². The second kappa shape index (κ2) is 8.29. The molecule has 0 aliphatic heterocycles. The molecule has 0 aliphatic rings. The number of benzene rings is 2. The fourth-order valence-electron chi connectivity index (χ4n) is 1.94. The standard InChI is InChI=1S/C17H16ClFN2O2/c18-14-7-3-1-5-12(14)10-20-16(22)9-17(23)21-11-13-6-2-4-8-15(13)19/h1-8H,9-11H2,(H,20,22)(H,21,23). The Labute approximate surface area is 138 Å². The van der Waals surface area contributed by atoms with E-state index in [0.29, 0.717) is 10.6 Å². The zero-order valence-electron chi connectivity index (χ0n) is 12.3. The molecule has 0 radical (unpaired) electrons. The Hall–Kier alpha value is -2.40. The molecule has 4 nitrogen and oxygen atoms in total. The highest BCUT2D eigenvalue weighted by molar-refractivity contribution is 6.31. The molecule has 2 amide bonds. The van der Waals surface area contributed by atoms with E-state index < -0.39 is 17.6 Å². The van der Waals surface area contributed by atoms with E-state index in [1.165, 1.54) is 6.07 Å². The molecule has 0 saturated heterocycles. The summed E-state index contributed by atoms with van der Waals surface area (Å²) in [6.45, 7) is 0.294. The van der Waals surface area contributed by atoms with E-state index in [-0.39, 0.29) is 19.5 Å². The number of hydrogen-bond acceptors (Lipinski definition) is 2. The molecule has 0 bridgehead atoms. The monoisotopic (exact) mass is 334 g/mol. The normalized spacial score (nSPS) is 10.2. The smallest absolute Gasteiger partial charge is 0.229 e. The van der Waals surface area contributed by atoms with Gasteiger partial charge in [0.05, 0.1) is 0 Å². The third kappa shape index (κ3) is 5.38. The van der Waals surface area contributed by atoms with Crippen LogP contribution in [0.1, 0.15) is 17.5 Å². The lowest BCUT2D eigenvalue weighted by Crippen LogP contribution is -2.31. The van der Waals surface area contributed by atoms with Crippen molar-refractivity contribution in [3.05, 3.63) is 70.5 Å². The van der Waals surface area contributed by atoms with Gasteiger partial charge in [0.1, 0.15) is 12.2 Å². The predicted octanol–water partition coefficient (Wildman–Crippen LogP) is 2.80. The third-order valence-corrected chi connectivity index (χ3v) is 3.56. The van der Waals surface area contributed by atoms with Crippen molar-refractivity contribution < 1.29 is 14.0 Å². The van der Waals surface area contributed by atoms with Gasteiger partial charge in [-0.2, -0.15) is 0 Å². The lowest BCUT2D eigenvalue weighted by Gasteiger charge is -2.08. The van der Waals surface area contributed by atoms with Crippen LogP contribution in [0, 0.1) is 5.82 Å². The van der Waals surface area contributed by atoms with Crippen LogP contribution in [0.25, 0.3) is 0 Å². The molecule has 0 fully saturated rings. The Kier molecular flexibility index (Phi) is 6.11. The minimum Gasteiger partial charge on any atom is -0.352 e. The molecule has 2 aromatic carbocycles. The van der Waals surface area contributed by atoms with E-state index in [9.17, 15) is 14.0 Å². The van der Waals surface area contributed by atoms with Gasteiger partial charge in [-0.25, -0.2) is 4.39 Å². The molecule has 2 rings (SSSR count). The Bertz CT molecular complexity index is 647. The first-order chi connectivity index (χ1) is 11.1. The second-order valence-corrected chi connectivity index (χ2v) is 5.32. The van der Waals surface area contributed by atoms with Crippen molar-refractivity contribution in [2.75, 3.05) is 0 Å². The summed E-state index contributed by atoms with van der Waals surface area (Å²) in [6, 6.07) is 13.3. The van der Waals surface area contributed by atoms with Crippen LogP contribution in [0.5, 0.6) is 0 Å². The van der Waals surface area contributed by atoms with Gasteiger partial charge in [-0.1, -0.05) is 48.0 Å². The summed E-state index contributed by atoms with van der Waals surface area (Å²) in [5.41, 5.74) is 1.15. The summed E-state index contributed by atoms with van der Waals surface area (Å²) in [4.78, 5) is 23.4. The highest BCUT2D eigenvalue weighted by atomic mass is 35.5. The van der Waals surface area contributed by atoms with Crippen LogP contribution in [0.2, 0.25) is 5.02 Å². The molecule has 2 N–H and O–H groups in total. The minimum absolute atomic E-state index is 0.0449. The first-order valence-corrected chi connectivity index (χ1v) is 7.44. The maximum atomic E-state index is 13.4. The summed E-state index contributed by atoms with van der Waals surface area (Å²) in [7, 11) is 0. The lowest BCUT2D eigenvalue weighted by molar-refractivity contribution is -0.129. The van der Waals surface area contributed by atoms with Crippen molar-refractivity contribution in [2.24, 2.45) is 0 Å². The zero-order chi connectivity index (χ0) is 16.7. The quantitative estimate of drug-likeness (QED) is 0.798. The number of carbonyl (C=O) groups excluding carboxylic acids is 2. The van der Waals surface area contributed by atoms with Crippen LogP contribution < -0.4 is 10.6 Å². The highest BCUT2D eigenvalue weighted by Crippen LogP contribution is 2.14. The zero-order valence-corrected chi connectivity index (χ0v) is 13.1. The molecule has 6 heteroatoms. The van der Waals surface area contributed by atoms with Gasteiger partial charge in [0.15, 0.2) is 0 Å². The molecule has 2 aromatic rings. The van der Waals surface area contributed by atoms with E-state index in [1.54, 1.807) is 36.4 Å². The van der Waals surface area contributed by atoms with E-state index >= 15 is 0 Å². The molecular formula is C17H16ClFN2O2. The second-order valence-electron chi connectivity index (χ2n) is 4.91. The van der Waals surface area contributed by atoms with E-state index in [1.807, 2.05) is 6.07 Å². The molecule has 120 valence electrons. The van der Waals surface area contributed by atoms with E-state index in [0.717, 1.165) is 5.56 Å².